The lowest BCUT2D eigenvalue weighted by molar-refractivity contribution is -0.114. The van der Waals surface area contributed by atoms with E-state index < -0.39 is 23.2 Å². The second kappa shape index (κ2) is 6.87. The first kappa shape index (κ1) is 15.7. The normalized spacial score (nSPS) is 10.3. The maximum Gasteiger partial charge on any atom is 0.243 e. The van der Waals surface area contributed by atoms with Gasteiger partial charge in [0.25, 0.3) is 0 Å². The van der Waals surface area contributed by atoms with Gasteiger partial charge in [-0.15, -0.1) is 0 Å². The zero-order chi connectivity index (χ0) is 15.4. The van der Waals surface area contributed by atoms with E-state index in [0.717, 1.165) is 12.1 Å². The Morgan fingerprint density at radius 3 is 2.43 bits per heavy atom. The van der Waals surface area contributed by atoms with Gasteiger partial charge >= 0.3 is 0 Å². The van der Waals surface area contributed by atoms with Crippen LogP contribution in [0.3, 0.4) is 0 Å². The summed E-state index contributed by atoms with van der Waals surface area (Å²) < 4.78 is 27.4. The number of para-hydroxylation sites is 1. The molecule has 1 amide bonds. The third kappa shape index (κ3) is 3.92. The molecular formula is C14H10BrClF2N2O. The van der Waals surface area contributed by atoms with Crippen LogP contribution in [-0.2, 0) is 4.79 Å². The highest BCUT2D eigenvalue weighted by Gasteiger charge is 2.12. The molecule has 110 valence electrons. The number of carbonyl (C=O) groups is 1. The fourth-order valence-electron chi connectivity index (χ4n) is 1.62. The first-order chi connectivity index (χ1) is 9.99. The Kier molecular flexibility index (Phi) is 5.14. The van der Waals surface area contributed by atoms with Crippen molar-refractivity contribution in [2.45, 2.75) is 0 Å². The van der Waals surface area contributed by atoms with E-state index in [0.29, 0.717) is 15.2 Å². The van der Waals surface area contributed by atoms with Gasteiger partial charge in [0, 0.05) is 0 Å². The average Bonchev–Trinajstić information content (AvgIpc) is 2.45. The molecule has 2 N–H and O–H groups in total. The predicted molar refractivity (Wildman–Crippen MR) is 82.6 cm³/mol. The van der Waals surface area contributed by atoms with Gasteiger partial charge in [-0.05, 0) is 40.2 Å². The Morgan fingerprint density at radius 2 is 1.76 bits per heavy atom. The van der Waals surface area contributed by atoms with E-state index >= 15 is 0 Å². The molecule has 0 aliphatic rings. The average molecular weight is 376 g/mol. The van der Waals surface area contributed by atoms with Crippen LogP contribution in [0.15, 0.2) is 40.9 Å². The van der Waals surface area contributed by atoms with Gasteiger partial charge < -0.3 is 10.6 Å². The van der Waals surface area contributed by atoms with E-state index in [2.05, 4.69) is 26.6 Å². The van der Waals surface area contributed by atoms with E-state index in [-0.39, 0.29) is 6.54 Å². The molecule has 0 spiro atoms. The molecule has 3 nitrogen and oxygen atoms in total. The summed E-state index contributed by atoms with van der Waals surface area (Å²) in [6.45, 7) is -0.160. The molecule has 0 bridgehead atoms. The van der Waals surface area contributed by atoms with Gasteiger partial charge in [0.15, 0.2) is 0 Å². The van der Waals surface area contributed by atoms with Crippen LogP contribution >= 0.6 is 27.5 Å². The Morgan fingerprint density at radius 1 is 1.14 bits per heavy atom. The van der Waals surface area contributed by atoms with Gasteiger partial charge in [-0.1, -0.05) is 23.7 Å². The van der Waals surface area contributed by atoms with Crippen molar-refractivity contribution >= 4 is 44.8 Å². The summed E-state index contributed by atoms with van der Waals surface area (Å²) in [5, 5.41) is 5.49. The number of rotatable bonds is 4. The summed E-state index contributed by atoms with van der Waals surface area (Å²) in [6.07, 6.45) is 0. The smallest absolute Gasteiger partial charge is 0.243 e. The number of nitrogens with one attached hydrogen (secondary N) is 2. The molecule has 0 heterocycles. The molecule has 0 saturated heterocycles. The molecule has 0 saturated carbocycles. The molecule has 7 heteroatoms. The Labute approximate surface area is 133 Å². The van der Waals surface area contributed by atoms with E-state index in [9.17, 15) is 13.6 Å². The lowest BCUT2D eigenvalue weighted by atomic mass is 10.3. The topological polar surface area (TPSA) is 41.1 Å². The minimum Gasteiger partial charge on any atom is -0.375 e. The number of anilines is 2. The van der Waals surface area contributed by atoms with Crippen molar-refractivity contribution in [3.05, 3.63) is 57.5 Å². The number of halogens is 4. The molecule has 21 heavy (non-hydrogen) atoms. The zero-order valence-corrected chi connectivity index (χ0v) is 12.9. The minimum absolute atomic E-state index is 0.160. The fourth-order valence-corrected chi connectivity index (χ4v) is 2.20. The fraction of sp³-hybridized carbons (Fsp3) is 0.0714. The molecule has 2 rings (SSSR count). The summed E-state index contributed by atoms with van der Waals surface area (Å²) in [5.74, 6) is -2.23. The molecule has 0 aromatic heterocycles. The molecule has 0 aliphatic heterocycles. The lowest BCUT2D eigenvalue weighted by Crippen LogP contribution is -2.23. The number of amides is 1. The zero-order valence-electron chi connectivity index (χ0n) is 10.6. The van der Waals surface area contributed by atoms with Gasteiger partial charge in [0.1, 0.15) is 17.3 Å². The molecule has 2 aromatic rings. The molecular weight excluding hydrogens is 366 g/mol. The molecule has 0 atom stereocenters. The van der Waals surface area contributed by atoms with Crippen LogP contribution in [0.2, 0.25) is 5.02 Å². The molecule has 0 fully saturated rings. The Bertz CT molecular complexity index is 662. The Hall–Kier alpha value is -1.66. The van der Waals surface area contributed by atoms with Crippen LogP contribution < -0.4 is 10.6 Å². The maximum atomic E-state index is 13.4. The standard InChI is InChI=1S/C14H10BrClF2N2O/c15-13-8(16)3-1-6-11(13)19-7-12(21)20-14-9(17)4-2-5-10(14)18/h1-6,19H,7H2,(H,20,21). The number of benzene rings is 2. The van der Waals surface area contributed by atoms with Crippen molar-refractivity contribution < 1.29 is 13.6 Å². The highest BCUT2D eigenvalue weighted by molar-refractivity contribution is 9.10. The first-order valence-corrected chi connectivity index (χ1v) is 7.08. The van der Waals surface area contributed by atoms with Crippen LogP contribution in [-0.4, -0.2) is 12.5 Å². The predicted octanol–water partition coefficient (Wildman–Crippen LogP) is 4.43. The van der Waals surface area contributed by atoms with E-state index in [1.807, 2.05) is 0 Å². The lowest BCUT2D eigenvalue weighted by Gasteiger charge is -2.11. The van der Waals surface area contributed by atoms with Crippen LogP contribution in [0, 0.1) is 11.6 Å². The van der Waals surface area contributed by atoms with Crippen molar-refractivity contribution in [3.8, 4) is 0 Å². The summed E-state index contributed by atoms with van der Waals surface area (Å²) in [7, 11) is 0. The highest BCUT2D eigenvalue weighted by Crippen LogP contribution is 2.29. The van der Waals surface area contributed by atoms with Crippen molar-refractivity contribution in [1.82, 2.24) is 0 Å². The summed E-state index contributed by atoms with van der Waals surface area (Å²) in [4.78, 5) is 11.7. The second-order valence-corrected chi connectivity index (χ2v) is 5.30. The van der Waals surface area contributed by atoms with Gasteiger partial charge in [-0.3, -0.25) is 4.79 Å². The quantitative estimate of drug-likeness (QED) is 0.830. The molecule has 0 aliphatic carbocycles. The third-order valence-corrected chi connectivity index (χ3v) is 4.02. The summed E-state index contributed by atoms with van der Waals surface area (Å²) in [6, 6.07) is 8.48. The van der Waals surface area contributed by atoms with Gasteiger partial charge in [-0.25, -0.2) is 8.78 Å². The second-order valence-electron chi connectivity index (χ2n) is 4.10. The third-order valence-electron chi connectivity index (χ3n) is 2.62. The van der Waals surface area contributed by atoms with Crippen LogP contribution in [0.25, 0.3) is 0 Å². The molecule has 0 radical (unpaired) electrons. The van der Waals surface area contributed by atoms with Crippen molar-refractivity contribution in [2.75, 3.05) is 17.2 Å². The number of carbonyl (C=O) groups excluding carboxylic acids is 1. The van der Waals surface area contributed by atoms with Crippen LogP contribution in [0.5, 0.6) is 0 Å². The van der Waals surface area contributed by atoms with E-state index in [1.165, 1.54) is 6.07 Å². The molecule has 2 aromatic carbocycles. The van der Waals surface area contributed by atoms with Crippen molar-refractivity contribution in [1.29, 1.82) is 0 Å². The van der Waals surface area contributed by atoms with Crippen molar-refractivity contribution in [3.63, 3.8) is 0 Å². The largest absolute Gasteiger partial charge is 0.375 e. The molecule has 0 unspecified atom stereocenters. The SMILES string of the molecule is O=C(CNc1cccc(Cl)c1Br)Nc1c(F)cccc1F. The Balaban J connectivity index is 2.01. The van der Waals surface area contributed by atoms with Crippen LogP contribution in [0.4, 0.5) is 20.2 Å². The highest BCUT2D eigenvalue weighted by atomic mass is 79.9. The van der Waals surface area contributed by atoms with Gasteiger partial charge in [-0.2, -0.15) is 0 Å². The summed E-state index contributed by atoms with van der Waals surface area (Å²) in [5.41, 5.74) is 0.140. The van der Waals surface area contributed by atoms with Crippen molar-refractivity contribution in [2.24, 2.45) is 0 Å². The van der Waals surface area contributed by atoms with Crippen LogP contribution in [0.1, 0.15) is 0 Å². The number of hydrogen-bond acceptors (Lipinski definition) is 2. The monoisotopic (exact) mass is 374 g/mol. The maximum absolute atomic E-state index is 13.4. The first-order valence-electron chi connectivity index (χ1n) is 5.91. The van der Waals surface area contributed by atoms with E-state index in [4.69, 9.17) is 11.6 Å². The van der Waals surface area contributed by atoms with Gasteiger partial charge in [0.2, 0.25) is 5.91 Å². The van der Waals surface area contributed by atoms with Gasteiger partial charge in [0.05, 0.1) is 21.7 Å². The number of hydrogen-bond donors (Lipinski definition) is 2. The van der Waals surface area contributed by atoms with E-state index in [1.54, 1.807) is 18.2 Å². The minimum atomic E-state index is -0.827. The summed E-state index contributed by atoms with van der Waals surface area (Å²) >= 11 is 9.19.